The summed E-state index contributed by atoms with van der Waals surface area (Å²) in [6.45, 7) is 12.0. The second kappa shape index (κ2) is 21.2. The van der Waals surface area contributed by atoms with Gasteiger partial charge in [-0.05, 0) is 0 Å². The molecule has 0 saturated carbocycles. The van der Waals surface area contributed by atoms with E-state index in [9.17, 15) is 0 Å². The van der Waals surface area contributed by atoms with E-state index in [0.717, 1.165) is 0 Å². The first-order chi connectivity index (χ1) is 14.9. The van der Waals surface area contributed by atoms with Gasteiger partial charge in [-0.25, -0.2) is 0 Å². The van der Waals surface area contributed by atoms with Gasteiger partial charge in [-0.15, -0.1) is 0 Å². The fourth-order valence-corrected chi connectivity index (χ4v) is 19.1. The molecular formula is C28H63OPSi. The van der Waals surface area contributed by atoms with Crippen LogP contribution in [0, 0.1) is 0 Å². The van der Waals surface area contributed by atoms with Gasteiger partial charge in [0.05, 0.1) is 0 Å². The maximum absolute atomic E-state index is 6.15. The summed E-state index contributed by atoms with van der Waals surface area (Å²) in [6, 6.07) is 0. The topological polar surface area (TPSA) is 9.23 Å². The summed E-state index contributed by atoms with van der Waals surface area (Å²) in [5, 5.41) is 0. The Hall–Kier alpha value is 0.607. The summed E-state index contributed by atoms with van der Waals surface area (Å²) >= 11 is 0. The van der Waals surface area contributed by atoms with Crippen molar-refractivity contribution >= 4 is 15.6 Å². The average molecular weight is 475 g/mol. The number of hydrogen-bond acceptors (Lipinski definition) is 1. The molecule has 0 fully saturated rings. The summed E-state index contributed by atoms with van der Waals surface area (Å²) in [5.41, 5.74) is 0. The van der Waals surface area contributed by atoms with E-state index in [1.165, 1.54) is 121 Å². The molecule has 0 aliphatic rings. The van der Waals surface area contributed by atoms with Gasteiger partial charge in [0.15, 0.2) is 0 Å². The number of rotatable bonds is 24. The molecule has 0 atom stereocenters. The Morgan fingerprint density at radius 3 is 1.06 bits per heavy atom. The van der Waals surface area contributed by atoms with E-state index >= 15 is 0 Å². The molecule has 1 nitrogen and oxygen atoms in total. The summed E-state index contributed by atoms with van der Waals surface area (Å²) in [4.78, 5) is 0. The molecule has 0 heterocycles. The molecule has 0 aromatic rings. The Labute approximate surface area is 200 Å². The van der Waals surface area contributed by atoms with Crippen LogP contribution in [0.5, 0.6) is 0 Å². The van der Waals surface area contributed by atoms with Crippen molar-refractivity contribution in [2.45, 2.75) is 149 Å². The van der Waals surface area contributed by atoms with Crippen LogP contribution < -0.4 is 0 Å². The summed E-state index contributed by atoms with van der Waals surface area (Å²) in [7, 11) is -0.710. The Morgan fingerprint density at radius 1 is 0.484 bits per heavy atom. The maximum atomic E-state index is 6.15. The van der Waals surface area contributed by atoms with Crippen LogP contribution in [0.3, 0.4) is 0 Å². The van der Waals surface area contributed by atoms with E-state index < -0.39 is 15.6 Å². The van der Waals surface area contributed by atoms with Crippen molar-refractivity contribution in [2.75, 3.05) is 31.4 Å². The third-order valence-corrected chi connectivity index (χ3v) is 19.3. The van der Waals surface area contributed by atoms with E-state index in [1.54, 1.807) is 18.5 Å². The molecule has 3 heteroatoms. The molecule has 0 radical (unpaired) electrons. The molecule has 0 N–H and O–H groups in total. The molecule has 0 amide bonds. The van der Waals surface area contributed by atoms with E-state index in [2.05, 4.69) is 33.9 Å². The van der Waals surface area contributed by atoms with Gasteiger partial charge in [-0.3, -0.25) is 0 Å². The van der Waals surface area contributed by atoms with Crippen LogP contribution in [0.1, 0.15) is 136 Å². The van der Waals surface area contributed by atoms with E-state index in [4.69, 9.17) is 4.43 Å². The Morgan fingerprint density at radius 2 is 0.774 bits per heavy atom. The zero-order valence-electron chi connectivity index (χ0n) is 23.0. The molecule has 31 heavy (non-hydrogen) atoms. The predicted molar refractivity (Wildman–Crippen MR) is 152 cm³/mol. The van der Waals surface area contributed by atoms with E-state index in [0.29, 0.717) is 0 Å². The van der Waals surface area contributed by atoms with Gasteiger partial charge in [0, 0.05) is 0 Å². The van der Waals surface area contributed by atoms with Crippen molar-refractivity contribution < 1.29 is 4.43 Å². The first-order valence-electron chi connectivity index (χ1n) is 14.5. The Balaban J connectivity index is 4.89. The molecule has 0 aliphatic carbocycles. The van der Waals surface area contributed by atoms with Gasteiger partial charge < -0.3 is 0 Å². The fraction of sp³-hybridized carbons (Fsp3) is 1.00. The normalized spacial score (nSPS) is 13.1. The first-order valence-corrected chi connectivity index (χ1v) is 20.4. The Kier molecular flexibility index (Phi) is 21.6. The van der Waals surface area contributed by atoms with Gasteiger partial charge in [-0.1, -0.05) is 0 Å². The average Bonchev–Trinajstić information content (AvgIpc) is 2.75. The van der Waals surface area contributed by atoms with Crippen LogP contribution in [0.25, 0.3) is 0 Å². The van der Waals surface area contributed by atoms with Crippen LogP contribution >= 0.6 is 7.26 Å². The molecule has 0 spiro atoms. The molecule has 0 aromatic carbocycles. The predicted octanol–water partition coefficient (Wildman–Crippen LogP) is 10.2. The molecule has 190 valence electrons. The summed E-state index contributed by atoms with van der Waals surface area (Å²) < 4.78 is 6.15. The van der Waals surface area contributed by atoms with E-state index in [-0.39, 0.29) is 0 Å². The molecule has 0 aromatic heterocycles. The number of hydrogen-bond donors (Lipinski definition) is 0. The molecule has 0 saturated heterocycles. The quantitative estimate of drug-likeness (QED) is 0.0767. The second-order valence-corrected chi connectivity index (χ2v) is 21.0. The van der Waals surface area contributed by atoms with E-state index in [1.807, 2.05) is 7.11 Å². The second-order valence-electron chi connectivity index (χ2n) is 11.2. The standard InChI is InChI=1S/C28H63OPSi/c1-7-10-13-16-19-22-25-30(28-31(5,6)29-4,26-23-20-17-14-11-8-2)27-24-21-18-15-12-9-3/h30H,7-28H2,1-6H3. The van der Waals surface area contributed by atoms with Crippen molar-refractivity contribution in [1.29, 1.82) is 0 Å². The van der Waals surface area contributed by atoms with Gasteiger partial charge in [0.25, 0.3) is 0 Å². The molecule has 0 unspecified atom stereocenters. The third-order valence-electron chi connectivity index (χ3n) is 7.54. The molecule has 0 aliphatic heterocycles. The summed E-state index contributed by atoms with van der Waals surface area (Å²) in [5.74, 6) is 1.52. The zero-order valence-corrected chi connectivity index (χ0v) is 25.0. The van der Waals surface area contributed by atoms with Crippen molar-refractivity contribution in [3.05, 3.63) is 0 Å². The summed E-state index contributed by atoms with van der Waals surface area (Å²) in [6.07, 6.45) is 30.9. The monoisotopic (exact) mass is 474 g/mol. The van der Waals surface area contributed by atoms with Crippen LogP contribution in [0.2, 0.25) is 13.1 Å². The van der Waals surface area contributed by atoms with Crippen LogP contribution in [-0.4, -0.2) is 39.7 Å². The van der Waals surface area contributed by atoms with Gasteiger partial charge in [0.1, 0.15) is 0 Å². The van der Waals surface area contributed by atoms with Crippen molar-refractivity contribution in [2.24, 2.45) is 0 Å². The van der Waals surface area contributed by atoms with Crippen LogP contribution in [-0.2, 0) is 4.43 Å². The molecular weight excluding hydrogens is 411 g/mol. The van der Waals surface area contributed by atoms with Crippen molar-refractivity contribution in [3.63, 3.8) is 0 Å². The van der Waals surface area contributed by atoms with Gasteiger partial charge in [0.2, 0.25) is 0 Å². The minimum atomic E-state index is -1.49. The SMILES string of the molecule is CCCCCCCC[PH](CCCCCCCC)(CCCCCCCC)C[Si](C)(C)OC. The van der Waals surface area contributed by atoms with Gasteiger partial charge >= 0.3 is 201 Å². The van der Waals surface area contributed by atoms with Crippen molar-refractivity contribution in [1.82, 2.24) is 0 Å². The van der Waals surface area contributed by atoms with Crippen LogP contribution in [0.15, 0.2) is 0 Å². The number of unbranched alkanes of at least 4 members (excludes halogenated alkanes) is 15. The fourth-order valence-electron chi connectivity index (χ4n) is 5.46. The van der Waals surface area contributed by atoms with Crippen LogP contribution in [0.4, 0.5) is 0 Å². The molecule has 0 bridgehead atoms. The Bertz CT molecular complexity index is 331. The van der Waals surface area contributed by atoms with Gasteiger partial charge in [-0.2, -0.15) is 0 Å². The zero-order chi connectivity index (χ0) is 23.3. The first kappa shape index (κ1) is 31.6. The third kappa shape index (κ3) is 18.7. The van der Waals surface area contributed by atoms with Crippen molar-refractivity contribution in [3.8, 4) is 0 Å². The minimum absolute atomic E-state index is 1.22. The molecule has 0 rings (SSSR count).